The molecule has 0 aliphatic rings. The van der Waals surface area contributed by atoms with Crippen LogP contribution < -0.4 is 9.47 Å². The van der Waals surface area contributed by atoms with E-state index in [-0.39, 0.29) is 5.57 Å². The van der Waals surface area contributed by atoms with Crippen molar-refractivity contribution in [1.29, 1.82) is 0 Å². The summed E-state index contributed by atoms with van der Waals surface area (Å²) in [7, 11) is 2.87. The van der Waals surface area contributed by atoms with Gasteiger partial charge in [0.05, 0.1) is 25.4 Å². The molecule has 0 saturated carbocycles. The van der Waals surface area contributed by atoms with E-state index in [1.54, 1.807) is 6.07 Å². The minimum absolute atomic E-state index is 0.0827. The lowest BCUT2D eigenvalue weighted by Gasteiger charge is -2.10. The average molecular weight is 352 g/mol. The van der Waals surface area contributed by atoms with Gasteiger partial charge in [0, 0.05) is 0 Å². The molecule has 2 aromatic carbocycles. The molecule has 0 bridgehead atoms. The number of halogens is 3. The van der Waals surface area contributed by atoms with Gasteiger partial charge in [-0.05, 0) is 41.5 Å². The molecule has 25 heavy (non-hydrogen) atoms. The molecule has 0 aliphatic carbocycles. The molecule has 7 heteroatoms. The summed E-state index contributed by atoms with van der Waals surface area (Å²) < 4.78 is 48.0. The van der Waals surface area contributed by atoms with Crippen LogP contribution in [0.25, 0.3) is 11.6 Å². The summed E-state index contributed by atoms with van der Waals surface area (Å²) in [6.07, 6.45) is -3.15. The molecule has 0 atom stereocenters. The molecule has 0 amide bonds. The Morgan fingerprint density at radius 2 is 1.60 bits per heavy atom. The SMILES string of the molecule is COc1ccc(/C(=C/c2ccc(C(F)(F)F)cc2)C(=O)O)cc1OC. The molecular weight excluding hydrogens is 337 g/mol. The van der Waals surface area contributed by atoms with Crippen molar-refractivity contribution in [3.8, 4) is 11.5 Å². The summed E-state index contributed by atoms with van der Waals surface area (Å²) in [5, 5.41) is 9.44. The number of benzene rings is 2. The minimum atomic E-state index is -4.44. The smallest absolute Gasteiger partial charge is 0.416 e. The second kappa shape index (κ2) is 7.29. The number of carbonyl (C=O) groups is 1. The van der Waals surface area contributed by atoms with Crippen molar-refractivity contribution in [3.63, 3.8) is 0 Å². The monoisotopic (exact) mass is 352 g/mol. The average Bonchev–Trinajstić information content (AvgIpc) is 2.58. The summed E-state index contributed by atoms with van der Waals surface area (Å²) in [6.45, 7) is 0. The fourth-order valence-corrected chi connectivity index (χ4v) is 2.21. The number of carboxylic acid groups (broad SMARTS) is 1. The van der Waals surface area contributed by atoms with E-state index in [4.69, 9.17) is 9.47 Å². The van der Waals surface area contributed by atoms with Crippen LogP contribution in [-0.4, -0.2) is 25.3 Å². The predicted molar refractivity (Wildman–Crippen MR) is 86.5 cm³/mol. The van der Waals surface area contributed by atoms with E-state index in [0.717, 1.165) is 12.1 Å². The van der Waals surface area contributed by atoms with Gasteiger partial charge in [-0.25, -0.2) is 4.79 Å². The van der Waals surface area contributed by atoms with Gasteiger partial charge in [-0.3, -0.25) is 0 Å². The largest absolute Gasteiger partial charge is 0.493 e. The van der Waals surface area contributed by atoms with Gasteiger partial charge in [0.2, 0.25) is 0 Å². The standard InChI is InChI=1S/C18H15F3O4/c1-24-15-8-5-12(10-16(15)25-2)14(17(22)23)9-11-3-6-13(7-4-11)18(19,20)21/h3-10H,1-2H3,(H,22,23)/b14-9-. The maximum Gasteiger partial charge on any atom is 0.416 e. The molecule has 4 nitrogen and oxygen atoms in total. The molecule has 0 unspecified atom stereocenters. The minimum Gasteiger partial charge on any atom is -0.493 e. The molecule has 1 N–H and O–H groups in total. The van der Waals surface area contributed by atoms with Gasteiger partial charge < -0.3 is 14.6 Å². The van der Waals surface area contributed by atoms with Crippen molar-refractivity contribution in [1.82, 2.24) is 0 Å². The topological polar surface area (TPSA) is 55.8 Å². The summed E-state index contributed by atoms with van der Waals surface area (Å²) in [5.74, 6) is -0.433. The number of alkyl halides is 3. The fourth-order valence-electron chi connectivity index (χ4n) is 2.21. The lowest BCUT2D eigenvalue weighted by Crippen LogP contribution is -2.04. The number of carboxylic acids is 1. The fraction of sp³-hybridized carbons (Fsp3) is 0.167. The highest BCUT2D eigenvalue weighted by atomic mass is 19.4. The highest BCUT2D eigenvalue weighted by Gasteiger charge is 2.29. The van der Waals surface area contributed by atoms with Crippen molar-refractivity contribution >= 4 is 17.6 Å². The Balaban J connectivity index is 2.44. The summed E-state index contributed by atoms with van der Waals surface area (Å²) in [4.78, 5) is 11.6. The first-order valence-electron chi connectivity index (χ1n) is 7.11. The molecule has 2 aromatic rings. The van der Waals surface area contributed by atoms with Crippen LogP contribution in [0.5, 0.6) is 11.5 Å². The van der Waals surface area contributed by atoms with Crippen molar-refractivity contribution in [2.24, 2.45) is 0 Å². The molecular formula is C18H15F3O4. The van der Waals surface area contributed by atoms with Gasteiger partial charge in [-0.1, -0.05) is 18.2 Å². The summed E-state index contributed by atoms with van der Waals surface area (Å²) in [6, 6.07) is 8.81. The van der Waals surface area contributed by atoms with Crippen LogP contribution in [0.4, 0.5) is 13.2 Å². The molecule has 0 heterocycles. The van der Waals surface area contributed by atoms with Crippen LogP contribution in [0.1, 0.15) is 16.7 Å². The Kier molecular flexibility index (Phi) is 5.36. The van der Waals surface area contributed by atoms with Crippen LogP contribution in [0.3, 0.4) is 0 Å². The zero-order chi connectivity index (χ0) is 18.6. The van der Waals surface area contributed by atoms with E-state index in [9.17, 15) is 23.1 Å². The predicted octanol–water partition coefficient (Wildman–Crippen LogP) is 4.35. The van der Waals surface area contributed by atoms with E-state index >= 15 is 0 Å². The normalized spacial score (nSPS) is 12.0. The van der Waals surface area contributed by atoms with Crippen molar-refractivity contribution in [2.75, 3.05) is 14.2 Å². The molecule has 132 valence electrons. The van der Waals surface area contributed by atoms with Crippen molar-refractivity contribution in [3.05, 3.63) is 59.2 Å². The Labute approximate surface area is 142 Å². The van der Waals surface area contributed by atoms with Crippen molar-refractivity contribution in [2.45, 2.75) is 6.18 Å². The van der Waals surface area contributed by atoms with E-state index in [2.05, 4.69) is 0 Å². The number of hydrogen-bond donors (Lipinski definition) is 1. The Bertz CT molecular complexity index is 793. The highest BCUT2D eigenvalue weighted by Crippen LogP contribution is 2.32. The molecule has 0 spiro atoms. The van der Waals surface area contributed by atoms with E-state index < -0.39 is 17.7 Å². The number of ether oxygens (including phenoxy) is 2. The van der Waals surface area contributed by atoms with Crippen LogP contribution >= 0.6 is 0 Å². The summed E-state index contributed by atoms with van der Waals surface area (Å²) >= 11 is 0. The van der Waals surface area contributed by atoms with Gasteiger partial charge in [0.25, 0.3) is 0 Å². The maximum atomic E-state index is 12.6. The second-order valence-corrected chi connectivity index (χ2v) is 5.05. The van der Waals surface area contributed by atoms with Crippen LogP contribution in [0, 0.1) is 0 Å². The van der Waals surface area contributed by atoms with E-state index in [1.165, 1.54) is 44.6 Å². The third kappa shape index (κ3) is 4.32. The van der Waals surface area contributed by atoms with Crippen molar-refractivity contribution < 1.29 is 32.5 Å². The van der Waals surface area contributed by atoms with Crippen LogP contribution in [0.2, 0.25) is 0 Å². The first kappa shape index (κ1) is 18.4. The molecule has 0 saturated heterocycles. The third-order valence-electron chi connectivity index (χ3n) is 3.47. The van der Waals surface area contributed by atoms with Gasteiger partial charge >= 0.3 is 12.1 Å². The van der Waals surface area contributed by atoms with E-state index in [0.29, 0.717) is 22.6 Å². The molecule has 0 aromatic heterocycles. The lowest BCUT2D eigenvalue weighted by atomic mass is 10.0. The third-order valence-corrected chi connectivity index (χ3v) is 3.47. The zero-order valence-electron chi connectivity index (χ0n) is 13.4. The van der Waals surface area contributed by atoms with Crippen LogP contribution in [-0.2, 0) is 11.0 Å². The van der Waals surface area contributed by atoms with Gasteiger partial charge in [0.1, 0.15) is 0 Å². The van der Waals surface area contributed by atoms with Crippen LogP contribution in [0.15, 0.2) is 42.5 Å². The first-order chi connectivity index (χ1) is 11.8. The second-order valence-electron chi connectivity index (χ2n) is 5.05. The highest BCUT2D eigenvalue weighted by molar-refractivity contribution is 6.20. The number of hydrogen-bond acceptors (Lipinski definition) is 3. The lowest BCUT2D eigenvalue weighted by molar-refractivity contribution is -0.137. The molecule has 0 aliphatic heterocycles. The summed E-state index contributed by atoms with van der Waals surface area (Å²) in [5.41, 5.74) is -0.210. The maximum absolute atomic E-state index is 12.6. The number of aliphatic carboxylic acids is 1. The Morgan fingerprint density at radius 1 is 1.00 bits per heavy atom. The van der Waals surface area contributed by atoms with E-state index in [1.807, 2.05) is 0 Å². The van der Waals surface area contributed by atoms with Gasteiger partial charge in [-0.15, -0.1) is 0 Å². The molecule has 0 radical (unpaired) electrons. The zero-order valence-corrected chi connectivity index (χ0v) is 13.4. The molecule has 2 rings (SSSR count). The van der Waals surface area contributed by atoms with Gasteiger partial charge in [0.15, 0.2) is 11.5 Å². The Hall–Kier alpha value is -2.96. The number of methoxy groups -OCH3 is 2. The quantitative estimate of drug-likeness (QED) is 0.642. The first-order valence-corrected chi connectivity index (χ1v) is 7.11. The number of rotatable bonds is 5. The van der Waals surface area contributed by atoms with Gasteiger partial charge in [-0.2, -0.15) is 13.2 Å². The molecule has 0 fully saturated rings. The Morgan fingerprint density at radius 3 is 2.08 bits per heavy atom.